The summed E-state index contributed by atoms with van der Waals surface area (Å²) < 4.78 is 36.6. The zero-order chi connectivity index (χ0) is 10.1. The number of hydrogen-bond acceptors (Lipinski definition) is 2. The molecule has 1 aromatic rings. The van der Waals surface area contributed by atoms with Crippen LogP contribution in [0.25, 0.3) is 0 Å². The molecule has 1 aromatic heterocycles. The highest BCUT2D eigenvalue weighted by Crippen LogP contribution is 2.33. The smallest absolute Gasteiger partial charge is 0.397 e. The van der Waals surface area contributed by atoms with Gasteiger partial charge in [0.15, 0.2) is 0 Å². The van der Waals surface area contributed by atoms with Gasteiger partial charge in [-0.3, -0.25) is 4.98 Å². The van der Waals surface area contributed by atoms with Crippen molar-refractivity contribution in [2.24, 2.45) is 0 Å². The van der Waals surface area contributed by atoms with Crippen molar-refractivity contribution in [3.8, 4) is 0 Å². The van der Waals surface area contributed by atoms with E-state index in [0.717, 1.165) is 12.3 Å². The van der Waals surface area contributed by atoms with Crippen molar-refractivity contribution in [2.75, 3.05) is 5.73 Å². The van der Waals surface area contributed by atoms with Crippen LogP contribution >= 0.6 is 11.6 Å². The molecule has 1 rings (SSSR count). The summed E-state index contributed by atoms with van der Waals surface area (Å²) >= 11 is 5.33. The van der Waals surface area contributed by atoms with Crippen LogP contribution in [-0.2, 0) is 12.1 Å². The molecule has 0 aliphatic heterocycles. The third kappa shape index (κ3) is 2.24. The fourth-order valence-electron chi connectivity index (χ4n) is 0.828. The van der Waals surface area contributed by atoms with Crippen LogP contribution in [0.5, 0.6) is 0 Å². The number of nitrogen functional groups attached to an aromatic ring is 1. The SMILES string of the molecule is Nc1cnc(CCl)cc1C(F)(F)F. The van der Waals surface area contributed by atoms with Crippen molar-refractivity contribution >= 4 is 17.3 Å². The van der Waals surface area contributed by atoms with Crippen LogP contribution in [0.4, 0.5) is 18.9 Å². The molecule has 0 aliphatic carbocycles. The molecule has 0 saturated heterocycles. The number of aromatic nitrogens is 1. The minimum atomic E-state index is -4.45. The number of nitrogens with zero attached hydrogens (tertiary/aromatic N) is 1. The van der Waals surface area contributed by atoms with Gasteiger partial charge in [-0.2, -0.15) is 13.2 Å². The molecule has 1 heterocycles. The van der Waals surface area contributed by atoms with Crippen molar-refractivity contribution in [3.63, 3.8) is 0 Å². The third-order valence-electron chi connectivity index (χ3n) is 1.43. The van der Waals surface area contributed by atoms with Crippen LogP contribution in [0.3, 0.4) is 0 Å². The van der Waals surface area contributed by atoms with Gasteiger partial charge in [-0.15, -0.1) is 11.6 Å². The highest BCUT2D eigenvalue weighted by Gasteiger charge is 2.33. The maximum Gasteiger partial charge on any atom is 0.418 e. The molecule has 0 saturated carbocycles. The molecule has 0 fully saturated rings. The molecule has 72 valence electrons. The van der Waals surface area contributed by atoms with Crippen molar-refractivity contribution in [1.82, 2.24) is 4.98 Å². The molecule has 0 unspecified atom stereocenters. The molecule has 2 N–H and O–H groups in total. The normalized spacial score (nSPS) is 11.7. The Bertz CT molecular complexity index is 311. The van der Waals surface area contributed by atoms with Crippen molar-refractivity contribution in [3.05, 3.63) is 23.5 Å². The second-order valence-electron chi connectivity index (χ2n) is 2.39. The van der Waals surface area contributed by atoms with E-state index in [9.17, 15) is 13.2 Å². The van der Waals surface area contributed by atoms with Crippen LogP contribution in [0.1, 0.15) is 11.3 Å². The summed E-state index contributed by atoms with van der Waals surface area (Å²) in [6, 6.07) is 0.850. The molecular formula is C7H6ClF3N2. The first-order valence-corrected chi connectivity index (χ1v) is 3.86. The van der Waals surface area contributed by atoms with E-state index in [-0.39, 0.29) is 17.3 Å². The number of halogens is 4. The molecule has 0 spiro atoms. The van der Waals surface area contributed by atoms with E-state index in [1.54, 1.807) is 0 Å². The Labute approximate surface area is 77.5 Å². The number of hydrogen-bond donors (Lipinski definition) is 1. The molecule has 0 bridgehead atoms. The van der Waals surface area contributed by atoms with Gasteiger partial charge < -0.3 is 5.73 Å². The Kier molecular flexibility index (Phi) is 2.66. The lowest BCUT2D eigenvalue weighted by molar-refractivity contribution is -0.137. The Morgan fingerprint density at radius 2 is 2.08 bits per heavy atom. The summed E-state index contributed by atoms with van der Waals surface area (Å²) in [5.41, 5.74) is 3.98. The minimum absolute atomic E-state index is 0.0661. The average Bonchev–Trinajstić information content (AvgIpc) is 2.03. The maximum atomic E-state index is 12.2. The Balaban J connectivity index is 3.19. The molecule has 0 amide bonds. The van der Waals surface area contributed by atoms with E-state index < -0.39 is 11.7 Å². The molecule has 0 atom stereocenters. The van der Waals surface area contributed by atoms with Gasteiger partial charge in [0.2, 0.25) is 0 Å². The lowest BCUT2D eigenvalue weighted by Crippen LogP contribution is -2.10. The number of alkyl halides is 4. The highest BCUT2D eigenvalue weighted by atomic mass is 35.5. The second kappa shape index (κ2) is 3.41. The van der Waals surface area contributed by atoms with Crippen LogP contribution in [0.15, 0.2) is 12.3 Å². The summed E-state index contributed by atoms with van der Waals surface area (Å²) in [7, 11) is 0. The summed E-state index contributed by atoms with van der Waals surface area (Å²) in [5, 5.41) is 0. The summed E-state index contributed by atoms with van der Waals surface area (Å²) in [4.78, 5) is 3.61. The first-order chi connectivity index (χ1) is 5.95. The monoisotopic (exact) mass is 210 g/mol. The molecule has 2 nitrogen and oxygen atoms in total. The number of anilines is 1. The highest BCUT2D eigenvalue weighted by molar-refractivity contribution is 6.16. The van der Waals surface area contributed by atoms with Crippen LogP contribution < -0.4 is 5.73 Å². The lowest BCUT2D eigenvalue weighted by atomic mass is 10.2. The topological polar surface area (TPSA) is 38.9 Å². The molecule has 6 heteroatoms. The van der Waals surface area contributed by atoms with Crippen LogP contribution in [-0.4, -0.2) is 4.98 Å². The van der Waals surface area contributed by atoms with E-state index in [2.05, 4.69) is 4.98 Å². The average molecular weight is 211 g/mol. The quantitative estimate of drug-likeness (QED) is 0.723. The van der Waals surface area contributed by atoms with Gasteiger partial charge in [0.1, 0.15) is 0 Å². The van der Waals surface area contributed by atoms with Gasteiger partial charge in [-0.1, -0.05) is 0 Å². The zero-order valence-electron chi connectivity index (χ0n) is 6.40. The van der Waals surface area contributed by atoms with Crippen molar-refractivity contribution < 1.29 is 13.2 Å². The second-order valence-corrected chi connectivity index (χ2v) is 2.66. The van der Waals surface area contributed by atoms with E-state index >= 15 is 0 Å². The molecule has 13 heavy (non-hydrogen) atoms. The summed E-state index contributed by atoms with van der Waals surface area (Å²) in [5.74, 6) is -0.0661. The number of nitrogens with two attached hydrogens (primary N) is 1. The van der Waals surface area contributed by atoms with E-state index in [1.807, 2.05) is 0 Å². The van der Waals surface area contributed by atoms with Crippen LogP contribution in [0.2, 0.25) is 0 Å². The maximum absolute atomic E-state index is 12.2. The first-order valence-electron chi connectivity index (χ1n) is 3.32. The number of pyridine rings is 1. The van der Waals surface area contributed by atoms with E-state index in [0.29, 0.717) is 0 Å². The van der Waals surface area contributed by atoms with Gasteiger partial charge in [0.25, 0.3) is 0 Å². The third-order valence-corrected chi connectivity index (χ3v) is 1.71. The fraction of sp³-hybridized carbons (Fsp3) is 0.286. The molecule has 0 aliphatic rings. The predicted octanol–water partition coefficient (Wildman–Crippen LogP) is 2.42. The summed E-state index contributed by atoms with van der Waals surface area (Å²) in [6.07, 6.45) is -3.49. The predicted molar refractivity (Wildman–Crippen MR) is 43.2 cm³/mol. The van der Waals surface area contributed by atoms with E-state index in [4.69, 9.17) is 17.3 Å². The zero-order valence-corrected chi connectivity index (χ0v) is 7.15. The minimum Gasteiger partial charge on any atom is -0.397 e. The van der Waals surface area contributed by atoms with Gasteiger partial charge >= 0.3 is 6.18 Å². The van der Waals surface area contributed by atoms with Crippen LogP contribution in [0, 0.1) is 0 Å². The lowest BCUT2D eigenvalue weighted by Gasteiger charge is -2.09. The van der Waals surface area contributed by atoms with Gasteiger partial charge in [0.05, 0.1) is 29.0 Å². The Morgan fingerprint density at radius 3 is 2.54 bits per heavy atom. The van der Waals surface area contributed by atoms with Crippen molar-refractivity contribution in [2.45, 2.75) is 12.1 Å². The number of rotatable bonds is 1. The summed E-state index contributed by atoms with van der Waals surface area (Å²) in [6.45, 7) is 0. The molecule has 0 radical (unpaired) electrons. The van der Waals surface area contributed by atoms with Gasteiger partial charge in [-0.25, -0.2) is 0 Å². The first kappa shape index (κ1) is 10.1. The molecular weight excluding hydrogens is 205 g/mol. The Hall–Kier alpha value is -0.970. The largest absolute Gasteiger partial charge is 0.418 e. The Morgan fingerprint density at radius 1 is 1.46 bits per heavy atom. The fourth-order valence-corrected chi connectivity index (χ4v) is 0.974. The molecule has 0 aromatic carbocycles. The van der Waals surface area contributed by atoms with Gasteiger partial charge in [-0.05, 0) is 6.07 Å². The van der Waals surface area contributed by atoms with Gasteiger partial charge in [0, 0.05) is 0 Å². The standard InChI is InChI=1S/C7H6ClF3N2/c8-2-4-1-5(7(9,10)11)6(12)3-13-4/h1,3H,2,12H2. The van der Waals surface area contributed by atoms with E-state index in [1.165, 1.54) is 0 Å². The van der Waals surface area contributed by atoms with Crippen molar-refractivity contribution in [1.29, 1.82) is 0 Å².